The standard InChI is InChI=1S/C24H24FN3OS/c25-17-11-9-16(10-12-17)20-13-14-21(29-20)23-22(19-8-4-5-15-26-19)27-24(30)28(23)18-6-2-1-3-7-18/h4-5,8-15,18,22-23H,1-3,6-7H2,(H,27,30)/t22-,23+/m0/s1. The number of pyridine rings is 1. The van der Waals surface area contributed by atoms with Crippen molar-refractivity contribution in [3.63, 3.8) is 0 Å². The quantitative estimate of drug-likeness (QED) is 0.540. The molecule has 1 aliphatic heterocycles. The van der Waals surface area contributed by atoms with E-state index < -0.39 is 0 Å². The molecule has 3 aromatic rings. The Morgan fingerprint density at radius 3 is 2.53 bits per heavy atom. The predicted octanol–water partition coefficient (Wildman–Crippen LogP) is 5.79. The van der Waals surface area contributed by atoms with Gasteiger partial charge in [0.1, 0.15) is 23.4 Å². The number of hydrogen-bond donors (Lipinski definition) is 1. The molecule has 154 valence electrons. The van der Waals surface area contributed by atoms with Crippen LogP contribution in [-0.2, 0) is 0 Å². The van der Waals surface area contributed by atoms with Crippen LogP contribution in [0, 0.1) is 5.82 Å². The lowest BCUT2D eigenvalue weighted by atomic mass is 9.92. The van der Waals surface area contributed by atoms with Gasteiger partial charge in [-0.15, -0.1) is 0 Å². The fourth-order valence-corrected chi connectivity index (χ4v) is 5.09. The second-order valence-electron chi connectivity index (χ2n) is 8.03. The maximum absolute atomic E-state index is 13.3. The van der Waals surface area contributed by atoms with Gasteiger partial charge >= 0.3 is 0 Å². The van der Waals surface area contributed by atoms with Crippen LogP contribution >= 0.6 is 12.2 Å². The highest BCUT2D eigenvalue weighted by atomic mass is 32.1. The Morgan fingerprint density at radius 1 is 1.00 bits per heavy atom. The molecular formula is C24H24FN3OS. The van der Waals surface area contributed by atoms with Gasteiger partial charge in [-0.3, -0.25) is 4.98 Å². The average molecular weight is 422 g/mol. The summed E-state index contributed by atoms with van der Waals surface area (Å²) in [4.78, 5) is 6.93. The first-order valence-corrected chi connectivity index (χ1v) is 11.0. The summed E-state index contributed by atoms with van der Waals surface area (Å²) in [5, 5.41) is 4.27. The van der Waals surface area contributed by atoms with Gasteiger partial charge in [0.2, 0.25) is 0 Å². The summed E-state index contributed by atoms with van der Waals surface area (Å²) in [6.07, 6.45) is 7.83. The Hall–Kier alpha value is -2.73. The van der Waals surface area contributed by atoms with Gasteiger partial charge in [-0.1, -0.05) is 25.3 Å². The minimum Gasteiger partial charge on any atom is -0.459 e. The molecule has 0 unspecified atom stereocenters. The number of rotatable bonds is 4. The third-order valence-corrected chi connectivity index (χ3v) is 6.48. The van der Waals surface area contributed by atoms with Crippen molar-refractivity contribution in [2.45, 2.75) is 50.2 Å². The van der Waals surface area contributed by atoms with Gasteiger partial charge in [0.25, 0.3) is 0 Å². The number of hydrogen-bond acceptors (Lipinski definition) is 3. The van der Waals surface area contributed by atoms with E-state index in [9.17, 15) is 4.39 Å². The molecule has 1 aliphatic carbocycles. The zero-order valence-electron chi connectivity index (χ0n) is 16.6. The zero-order chi connectivity index (χ0) is 20.5. The highest BCUT2D eigenvalue weighted by Gasteiger charge is 2.44. The minimum atomic E-state index is -0.255. The lowest BCUT2D eigenvalue weighted by molar-refractivity contribution is 0.179. The van der Waals surface area contributed by atoms with Crippen LogP contribution in [0.25, 0.3) is 11.3 Å². The maximum atomic E-state index is 13.3. The molecule has 6 heteroatoms. The summed E-state index contributed by atoms with van der Waals surface area (Å²) in [6, 6.07) is 16.6. The van der Waals surface area contributed by atoms with Gasteiger partial charge in [0, 0.05) is 17.8 Å². The Kier molecular flexibility index (Phi) is 5.25. The Bertz CT molecular complexity index is 1010. The molecule has 0 spiro atoms. The third kappa shape index (κ3) is 3.60. The fraction of sp³-hybridized carbons (Fsp3) is 0.333. The van der Waals surface area contributed by atoms with Crippen LogP contribution in [0.1, 0.15) is 55.6 Å². The number of thiocarbonyl (C=S) groups is 1. The van der Waals surface area contributed by atoms with E-state index in [1.54, 1.807) is 12.1 Å². The molecule has 2 fully saturated rings. The van der Waals surface area contributed by atoms with E-state index in [0.29, 0.717) is 6.04 Å². The van der Waals surface area contributed by atoms with E-state index >= 15 is 0 Å². The lowest BCUT2D eigenvalue weighted by Crippen LogP contribution is -2.40. The molecule has 5 rings (SSSR count). The summed E-state index contributed by atoms with van der Waals surface area (Å²) >= 11 is 5.79. The van der Waals surface area contributed by atoms with Crippen molar-refractivity contribution < 1.29 is 8.81 Å². The van der Waals surface area contributed by atoms with E-state index in [1.165, 1.54) is 31.4 Å². The molecule has 0 radical (unpaired) electrons. The molecule has 1 N–H and O–H groups in total. The van der Waals surface area contributed by atoms with E-state index in [0.717, 1.165) is 40.7 Å². The second kappa shape index (κ2) is 8.19. The molecule has 0 bridgehead atoms. The van der Waals surface area contributed by atoms with Crippen molar-refractivity contribution in [1.29, 1.82) is 0 Å². The molecule has 0 amide bonds. The van der Waals surface area contributed by atoms with E-state index in [2.05, 4.69) is 15.2 Å². The maximum Gasteiger partial charge on any atom is 0.170 e. The zero-order valence-corrected chi connectivity index (χ0v) is 17.4. The van der Waals surface area contributed by atoms with Crippen LogP contribution in [0.15, 0.2) is 65.2 Å². The molecule has 1 saturated heterocycles. The van der Waals surface area contributed by atoms with Gasteiger partial charge < -0.3 is 14.6 Å². The molecule has 3 heterocycles. The molecule has 2 atom stereocenters. The summed E-state index contributed by atoms with van der Waals surface area (Å²) in [7, 11) is 0. The molecular weight excluding hydrogens is 397 g/mol. The van der Waals surface area contributed by atoms with Crippen LogP contribution in [0.5, 0.6) is 0 Å². The Balaban J connectivity index is 1.53. The molecule has 4 nitrogen and oxygen atoms in total. The summed E-state index contributed by atoms with van der Waals surface area (Å²) in [5.41, 5.74) is 1.80. The predicted molar refractivity (Wildman–Crippen MR) is 118 cm³/mol. The first-order chi connectivity index (χ1) is 14.7. The van der Waals surface area contributed by atoms with Gasteiger partial charge in [0.05, 0.1) is 11.7 Å². The smallest absolute Gasteiger partial charge is 0.170 e. The van der Waals surface area contributed by atoms with Crippen molar-refractivity contribution in [1.82, 2.24) is 15.2 Å². The van der Waals surface area contributed by atoms with Gasteiger partial charge in [0.15, 0.2) is 5.11 Å². The fourth-order valence-electron chi connectivity index (χ4n) is 4.70. The first kappa shape index (κ1) is 19.2. The number of benzene rings is 1. The molecule has 1 aromatic carbocycles. The van der Waals surface area contributed by atoms with Crippen molar-refractivity contribution in [2.24, 2.45) is 0 Å². The largest absolute Gasteiger partial charge is 0.459 e. The van der Waals surface area contributed by atoms with Crippen LogP contribution < -0.4 is 5.32 Å². The lowest BCUT2D eigenvalue weighted by Gasteiger charge is -2.36. The van der Waals surface area contributed by atoms with Crippen LogP contribution in [0.2, 0.25) is 0 Å². The summed E-state index contributed by atoms with van der Waals surface area (Å²) in [6.45, 7) is 0. The Labute approximate surface area is 181 Å². The van der Waals surface area contributed by atoms with Crippen molar-refractivity contribution in [2.75, 3.05) is 0 Å². The van der Waals surface area contributed by atoms with Crippen molar-refractivity contribution in [3.8, 4) is 11.3 Å². The van der Waals surface area contributed by atoms with Gasteiger partial charge in [-0.25, -0.2) is 4.39 Å². The van der Waals surface area contributed by atoms with Crippen LogP contribution in [-0.4, -0.2) is 21.0 Å². The average Bonchev–Trinajstić information content (AvgIpc) is 3.40. The third-order valence-electron chi connectivity index (χ3n) is 6.15. The molecule has 30 heavy (non-hydrogen) atoms. The number of aromatic nitrogens is 1. The van der Waals surface area contributed by atoms with E-state index in [-0.39, 0.29) is 17.9 Å². The van der Waals surface area contributed by atoms with Crippen molar-refractivity contribution in [3.05, 3.63) is 78.1 Å². The molecule has 2 aliphatic rings. The number of nitrogens with zero attached hydrogens (tertiary/aromatic N) is 2. The highest BCUT2D eigenvalue weighted by molar-refractivity contribution is 7.80. The SMILES string of the molecule is Fc1ccc(-c2ccc([C@@H]3[C@H](c4ccccn4)NC(=S)N3C3CCCCC3)o2)cc1. The van der Waals surface area contributed by atoms with Crippen molar-refractivity contribution >= 4 is 17.3 Å². The summed E-state index contributed by atoms with van der Waals surface area (Å²) < 4.78 is 19.6. The van der Waals surface area contributed by atoms with Crippen LogP contribution in [0.3, 0.4) is 0 Å². The number of furan rings is 1. The van der Waals surface area contributed by atoms with E-state index in [4.69, 9.17) is 16.6 Å². The molecule has 1 saturated carbocycles. The number of nitrogens with one attached hydrogen (secondary N) is 1. The Morgan fingerprint density at radius 2 is 1.80 bits per heavy atom. The monoisotopic (exact) mass is 421 g/mol. The summed E-state index contributed by atoms with van der Waals surface area (Å²) in [5.74, 6) is 1.32. The minimum absolute atomic E-state index is 0.0651. The second-order valence-corrected chi connectivity index (χ2v) is 8.42. The van der Waals surface area contributed by atoms with Gasteiger partial charge in [-0.05, 0) is 73.6 Å². The van der Waals surface area contributed by atoms with Gasteiger partial charge in [-0.2, -0.15) is 0 Å². The topological polar surface area (TPSA) is 41.3 Å². The first-order valence-electron chi connectivity index (χ1n) is 10.6. The van der Waals surface area contributed by atoms with E-state index in [1.807, 2.05) is 36.5 Å². The normalized spacial score (nSPS) is 22.3. The van der Waals surface area contributed by atoms with Crippen LogP contribution in [0.4, 0.5) is 4.39 Å². The number of halogens is 1. The molecule has 2 aromatic heterocycles. The highest BCUT2D eigenvalue weighted by Crippen LogP contribution is 2.43.